The van der Waals surface area contributed by atoms with Crippen LogP contribution in [0.5, 0.6) is 0 Å². The first-order chi connectivity index (χ1) is 8.39. The Morgan fingerprint density at radius 3 is 2.67 bits per heavy atom. The van der Waals surface area contributed by atoms with Gasteiger partial charge in [-0.05, 0) is 6.92 Å². The summed E-state index contributed by atoms with van der Waals surface area (Å²) < 4.78 is 27.7. The second-order valence-corrected chi connectivity index (χ2v) is 6.39. The molecule has 0 aliphatic carbocycles. The monoisotopic (exact) mass is 277 g/mol. The van der Waals surface area contributed by atoms with E-state index < -0.39 is 28.0 Å². The van der Waals surface area contributed by atoms with E-state index in [1.165, 1.54) is 0 Å². The highest BCUT2D eigenvalue weighted by Crippen LogP contribution is 2.18. The quantitative estimate of drug-likeness (QED) is 0.505. The van der Waals surface area contributed by atoms with Gasteiger partial charge in [-0.15, -0.1) is 6.58 Å². The van der Waals surface area contributed by atoms with Gasteiger partial charge in [-0.1, -0.05) is 6.08 Å². The molecule has 1 fully saturated rings. The van der Waals surface area contributed by atoms with Gasteiger partial charge in [-0.3, -0.25) is 9.69 Å². The lowest BCUT2D eigenvalue weighted by Gasteiger charge is -2.27. The third kappa shape index (κ3) is 4.08. The van der Waals surface area contributed by atoms with Crippen molar-refractivity contribution in [2.24, 2.45) is 0 Å². The molecule has 2 atom stereocenters. The van der Waals surface area contributed by atoms with Crippen molar-refractivity contribution in [1.29, 1.82) is 0 Å². The molecular formula is C11H19NO5S. The molecule has 104 valence electrons. The lowest BCUT2D eigenvalue weighted by Crippen LogP contribution is -2.46. The van der Waals surface area contributed by atoms with Crippen molar-refractivity contribution in [1.82, 2.24) is 4.90 Å². The second-order valence-electron chi connectivity index (χ2n) is 4.23. The highest BCUT2D eigenvalue weighted by molar-refractivity contribution is 7.91. The third-order valence-electron chi connectivity index (χ3n) is 2.76. The number of carbonyl (C=O) groups is 1. The van der Waals surface area contributed by atoms with Crippen LogP contribution in [0.15, 0.2) is 12.7 Å². The SMILES string of the molecule is C=CCN(CC(=O)OCC)C1CS(=O)(=O)CC1O. The fraction of sp³-hybridized carbons (Fsp3) is 0.727. The predicted molar refractivity (Wildman–Crippen MR) is 66.9 cm³/mol. The molecule has 0 aromatic rings. The normalized spacial score (nSPS) is 26.2. The average molecular weight is 277 g/mol. The van der Waals surface area contributed by atoms with Gasteiger partial charge in [-0.25, -0.2) is 8.42 Å². The molecule has 2 unspecified atom stereocenters. The summed E-state index contributed by atoms with van der Waals surface area (Å²) in [4.78, 5) is 13.0. The molecule has 0 saturated carbocycles. The van der Waals surface area contributed by atoms with Crippen LogP contribution in [-0.4, -0.2) is 67.7 Å². The Labute approximate surface area is 107 Å². The molecule has 1 saturated heterocycles. The van der Waals surface area contributed by atoms with Crippen LogP contribution in [0, 0.1) is 0 Å². The topological polar surface area (TPSA) is 83.9 Å². The van der Waals surface area contributed by atoms with Crippen molar-refractivity contribution in [2.75, 3.05) is 31.2 Å². The number of ether oxygens (including phenoxy) is 1. The minimum absolute atomic E-state index is 0.0445. The number of hydrogen-bond donors (Lipinski definition) is 1. The van der Waals surface area contributed by atoms with Gasteiger partial charge in [0, 0.05) is 6.54 Å². The van der Waals surface area contributed by atoms with E-state index in [1.54, 1.807) is 17.9 Å². The van der Waals surface area contributed by atoms with E-state index >= 15 is 0 Å². The molecular weight excluding hydrogens is 258 g/mol. The first-order valence-electron chi connectivity index (χ1n) is 5.78. The molecule has 1 aliphatic heterocycles. The van der Waals surface area contributed by atoms with E-state index in [0.29, 0.717) is 6.54 Å². The number of rotatable bonds is 6. The highest BCUT2D eigenvalue weighted by Gasteiger charge is 2.40. The van der Waals surface area contributed by atoms with Crippen molar-refractivity contribution >= 4 is 15.8 Å². The summed E-state index contributed by atoms with van der Waals surface area (Å²) in [7, 11) is -3.23. The van der Waals surface area contributed by atoms with Crippen molar-refractivity contribution in [3.63, 3.8) is 0 Å². The zero-order valence-corrected chi connectivity index (χ0v) is 11.2. The van der Waals surface area contributed by atoms with Gasteiger partial charge in [0.25, 0.3) is 0 Å². The predicted octanol–water partition coefficient (Wildman–Crippen LogP) is -0.805. The average Bonchev–Trinajstić information content (AvgIpc) is 2.52. The van der Waals surface area contributed by atoms with Gasteiger partial charge in [-0.2, -0.15) is 0 Å². The Morgan fingerprint density at radius 1 is 1.56 bits per heavy atom. The molecule has 1 rings (SSSR count). The van der Waals surface area contributed by atoms with E-state index in [9.17, 15) is 18.3 Å². The van der Waals surface area contributed by atoms with Crippen LogP contribution >= 0.6 is 0 Å². The van der Waals surface area contributed by atoms with Gasteiger partial charge in [0.1, 0.15) is 0 Å². The van der Waals surface area contributed by atoms with Crippen molar-refractivity contribution in [2.45, 2.75) is 19.1 Å². The number of esters is 1. The van der Waals surface area contributed by atoms with Crippen LogP contribution < -0.4 is 0 Å². The van der Waals surface area contributed by atoms with Crippen LogP contribution in [0.1, 0.15) is 6.92 Å². The molecule has 18 heavy (non-hydrogen) atoms. The van der Waals surface area contributed by atoms with Crippen LogP contribution in [0.25, 0.3) is 0 Å². The second kappa shape index (κ2) is 6.31. The minimum Gasteiger partial charge on any atom is -0.465 e. The molecule has 0 radical (unpaired) electrons. The third-order valence-corrected chi connectivity index (χ3v) is 4.46. The highest BCUT2D eigenvalue weighted by atomic mass is 32.2. The summed E-state index contributed by atoms with van der Waals surface area (Å²) in [5.41, 5.74) is 0. The lowest BCUT2D eigenvalue weighted by molar-refractivity contribution is -0.145. The summed E-state index contributed by atoms with van der Waals surface area (Å²) in [5.74, 6) is -0.828. The Hall–Kier alpha value is -0.920. The Kier molecular flexibility index (Phi) is 5.30. The zero-order valence-electron chi connectivity index (χ0n) is 10.4. The largest absolute Gasteiger partial charge is 0.465 e. The molecule has 1 aliphatic rings. The van der Waals surface area contributed by atoms with E-state index in [0.717, 1.165) is 0 Å². The number of carbonyl (C=O) groups excluding carboxylic acids is 1. The van der Waals surface area contributed by atoms with Crippen molar-refractivity contribution in [3.05, 3.63) is 12.7 Å². The molecule has 0 bridgehead atoms. The van der Waals surface area contributed by atoms with Gasteiger partial charge in [0.15, 0.2) is 9.84 Å². The van der Waals surface area contributed by atoms with Gasteiger partial charge >= 0.3 is 5.97 Å². The Balaban J connectivity index is 2.73. The molecule has 0 spiro atoms. The number of sulfone groups is 1. The molecule has 6 nitrogen and oxygen atoms in total. The molecule has 0 aromatic heterocycles. The molecule has 7 heteroatoms. The molecule has 1 heterocycles. The fourth-order valence-electron chi connectivity index (χ4n) is 2.01. The van der Waals surface area contributed by atoms with Crippen LogP contribution in [0.3, 0.4) is 0 Å². The van der Waals surface area contributed by atoms with Crippen LogP contribution in [0.4, 0.5) is 0 Å². The number of hydrogen-bond acceptors (Lipinski definition) is 6. The zero-order chi connectivity index (χ0) is 13.8. The summed E-state index contributed by atoms with van der Waals surface area (Å²) in [6, 6.07) is -0.572. The van der Waals surface area contributed by atoms with Gasteiger partial charge in [0.2, 0.25) is 0 Å². The molecule has 0 amide bonds. The smallest absolute Gasteiger partial charge is 0.320 e. The standard InChI is InChI=1S/C11H19NO5S/c1-3-5-12(6-11(14)17-4-2)9-7-18(15,16)8-10(9)13/h3,9-10,13H,1,4-8H2,2H3. The lowest BCUT2D eigenvalue weighted by atomic mass is 10.2. The first kappa shape index (κ1) is 15.1. The first-order valence-corrected chi connectivity index (χ1v) is 7.60. The Morgan fingerprint density at radius 2 is 2.22 bits per heavy atom. The fourth-order valence-corrected chi connectivity index (χ4v) is 3.85. The minimum atomic E-state index is -3.23. The van der Waals surface area contributed by atoms with Gasteiger partial charge in [0.05, 0.1) is 36.8 Å². The molecule has 0 aromatic carbocycles. The van der Waals surface area contributed by atoms with Crippen molar-refractivity contribution in [3.8, 4) is 0 Å². The molecule has 1 N–H and O–H groups in total. The van der Waals surface area contributed by atoms with E-state index in [2.05, 4.69) is 6.58 Å². The summed E-state index contributed by atoms with van der Waals surface area (Å²) >= 11 is 0. The van der Waals surface area contributed by atoms with Gasteiger partial charge < -0.3 is 9.84 Å². The Bertz CT molecular complexity index is 406. The number of aliphatic hydroxyl groups is 1. The maximum atomic E-state index is 11.4. The summed E-state index contributed by atoms with van der Waals surface area (Å²) in [5, 5.41) is 9.76. The van der Waals surface area contributed by atoms with E-state index in [1.807, 2.05) is 0 Å². The van der Waals surface area contributed by atoms with Crippen molar-refractivity contribution < 1.29 is 23.1 Å². The van der Waals surface area contributed by atoms with E-state index in [4.69, 9.17) is 4.74 Å². The maximum absolute atomic E-state index is 11.4. The summed E-state index contributed by atoms with van der Waals surface area (Å²) in [6.07, 6.45) is 0.598. The maximum Gasteiger partial charge on any atom is 0.320 e. The van der Waals surface area contributed by atoms with Crippen LogP contribution in [-0.2, 0) is 19.4 Å². The number of aliphatic hydroxyl groups excluding tert-OH is 1. The van der Waals surface area contributed by atoms with Crippen LogP contribution in [0.2, 0.25) is 0 Å². The summed E-state index contributed by atoms with van der Waals surface area (Å²) in [6.45, 7) is 5.82. The van der Waals surface area contributed by atoms with E-state index in [-0.39, 0.29) is 24.7 Å². The number of nitrogens with zero attached hydrogens (tertiary/aromatic N) is 1.